The summed E-state index contributed by atoms with van der Waals surface area (Å²) in [5, 5.41) is 5.72. The van der Waals surface area contributed by atoms with Crippen LogP contribution in [0.5, 0.6) is 5.88 Å². The van der Waals surface area contributed by atoms with E-state index in [9.17, 15) is 9.59 Å². The largest absolute Gasteiger partial charge is 0.474 e. The minimum atomic E-state index is -0.600. The first-order valence-corrected chi connectivity index (χ1v) is 13.4. The van der Waals surface area contributed by atoms with Gasteiger partial charge in [-0.05, 0) is 77.1 Å². The van der Waals surface area contributed by atoms with Gasteiger partial charge < -0.3 is 24.4 Å². The summed E-state index contributed by atoms with van der Waals surface area (Å²) in [5.41, 5.74) is 4.50. The number of nitrogens with zero attached hydrogens (tertiary/aromatic N) is 5. The molecule has 0 unspecified atom stereocenters. The number of nitrogens with one attached hydrogen (secondary N) is 2. The van der Waals surface area contributed by atoms with Crippen molar-refractivity contribution < 1.29 is 23.8 Å². The zero-order chi connectivity index (χ0) is 29.6. The number of carbonyl (C=O) groups is 2. The lowest BCUT2D eigenvalue weighted by Crippen LogP contribution is -2.42. The van der Waals surface area contributed by atoms with E-state index >= 15 is 0 Å². The van der Waals surface area contributed by atoms with E-state index in [4.69, 9.17) is 9.47 Å². The highest BCUT2D eigenvalue weighted by Crippen LogP contribution is 2.39. The number of aliphatic imine (C=N–C) groups is 2. The van der Waals surface area contributed by atoms with Crippen molar-refractivity contribution in [3.63, 3.8) is 0 Å². The molecule has 0 bridgehead atoms. The van der Waals surface area contributed by atoms with E-state index in [1.807, 2.05) is 40.1 Å². The van der Waals surface area contributed by atoms with Gasteiger partial charge in [-0.25, -0.2) is 24.6 Å². The van der Waals surface area contributed by atoms with E-state index in [2.05, 4.69) is 42.0 Å². The number of amides is 2. The Kier molecular flexibility index (Phi) is 9.10. The Labute approximate surface area is 240 Å². The summed E-state index contributed by atoms with van der Waals surface area (Å²) >= 11 is 0. The zero-order valence-electron chi connectivity index (χ0n) is 24.2. The van der Waals surface area contributed by atoms with Gasteiger partial charge in [0.1, 0.15) is 17.9 Å². The number of piperidine rings is 1. The molecule has 2 amide bonds. The number of hydrogen-bond donors (Lipinski definition) is 2. The predicted molar refractivity (Wildman–Crippen MR) is 161 cm³/mol. The molecule has 2 aliphatic rings. The van der Waals surface area contributed by atoms with Crippen LogP contribution >= 0.6 is 0 Å². The lowest BCUT2D eigenvalue weighted by molar-refractivity contribution is 0.0566. The molecule has 3 heterocycles. The standard InChI is InChI=1S/C29H37N7O5/c1-19-23(18-31-25-24(19)36(15-16-40-25)28(38)41-29(2,3)4)35-13-11-20(12-14-35)17-32-26(30-5)33-21-7-9-22(10-8-21)34-27(37)39-6/h7-10,17-18H,5,11-16H2,1-4,6H3,(H,32,33)(H,34,37). The van der Waals surface area contributed by atoms with E-state index in [1.54, 1.807) is 29.2 Å². The molecular weight excluding hydrogens is 526 g/mol. The molecule has 2 aliphatic heterocycles. The Morgan fingerprint density at radius 2 is 1.76 bits per heavy atom. The Balaban J connectivity index is 1.41. The van der Waals surface area contributed by atoms with E-state index < -0.39 is 17.8 Å². The molecule has 2 N–H and O–H groups in total. The van der Waals surface area contributed by atoms with Crippen molar-refractivity contribution in [1.82, 2.24) is 4.98 Å². The SMILES string of the molecule is C=NC(=NC=C1CCN(c2cnc3c(c2C)N(C(=O)OC(C)(C)C)CCO3)CC1)Nc1ccc(NC(=O)OC)cc1. The average molecular weight is 564 g/mol. The number of guanidine groups is 1. The molecule has 0 saturated carbocycles. The van der Waals surface area contributed by atoms with E-state index in [0.717, 1.165) is 42.9 Å². The minimum Gasteiger partial charge on any atom is -0.474 e. The van der Waals surface area contributed by atoms with Gasteiger partial charge in [0.15, 0.2) is 0 Å². The fourth-order valence-electron chi connectivity index (χ4n) is 4.51. The van der Waals surface area contributed by atoms with Crippen LogP contribution < -0.4 is 25.2 Å². The highest BCUT2D eigenvalue weighted by Gasteiger charge is 2.32. The van der Waals surface area contributed by atoms with Crippen molar-refractivity contribution in [2.45, 2.75) is 46.1 Å². The first kappa shape index (κ1) is 29.4. The van der Waals surface area contributed by atoms with Gasteiger partial charge in [-0.15, -0.1) is 0 Å². The quantitative estimate of drug-likeness (QED) is 0.376. The summed E-state index contributed by atoms with van der Waals surface area (Å²) in [7, 11) is 1.31. The zero-order valence-corrected chi connectivity index (χ0v) is 24.2. The summed E-state index contributed by atoms with van der Waals surface area (Å²) in [6.45, 7) is 13.5. The van der Waals surface area contributed by atoms with Crippen molar-refractivity contribution in [2.75, 3.05) is 53.8 Å². The number of pyridine rings is 1. The highest BCUT2D eigenvalue weighted by atomic mass is 16.6. The van der Waals surface area contributed by atoms with Crippen molar-refractivity contribution in [3.8, 4) is 5.88 Å². The van der Waals surface area contributed by atoms with Crippen LogP contribution in [-0.4, -0.2) is 68.8 Å². The Hall–Kier alpha value is -4.61. The van der Waals surface area contributed by atoms with Gasteiger partial charge in [-0.3, -0.25) is 10.2 Å². The molecule has 12 nitrogen and oxygen atoms in total. The maximum atomic E-state index is 12.9. The van der Waals surface area contributed by atoms with Gasteiger partial charge in [0.25, 0.3) is 0 Å². The van der Waals surface area contributed by atoms with E-state index in [-0.39, 0.29) is 0 Å². The molecule has 2 aromatic rings. The fraction of sp³-hybridized carbons (Fsp3) is 0.414. The molecule has 1 saturated heterocycles. The molecule has 0 radical (unpaired) electrons. The number of hydrogen-bond acceptors (Lipinski definition) is 8. The number of methoxy groups -OCH3 is 1. The van der Waals surface area contributed by atoms with Gasteiger partial charge in [0, 0.05) is 36.2 Å². The number of fused-ring (bicyclic) bond motifs is 1. The fourth-order valence-corrected chi connectivity index (χ4v) is 4.51. The number of ether oxygens (including phenoxy) is 3. The lowest BCUT2D eigenvalue weighted by atomic mass is 10.0. The first-order chi connectivity index (χ1) is 19.6. The second kappa shape index (κ2) is 12.7. The van der Waals surface area contributed by atoms with Crippen LogP contribution in [0.4, 0.5) is 32.3 Å². The third-order valence-electron chi connectivity index (χ3n) is 6.52. The summed E-state index contributed by atoms with van der Waals surface area (Å²) < 4.78 is 16.0. The van der Waals surface area contributed by atoms with Crippen LogP contribution in [0.15, 0.2) is 52.2 Å². The minimum absolute atomic E-state index is 0.366. The molecule has 1 aromatic carbocycles. The molecule has 4 rings (SSSR count). The second-order valence-corrected chi connectivity index (χ2v) is 10.6. The smallest absolute Gasteiger partial charge is 0.415 e. The molecule has 12 heteroatoms. The monoisotopic (exact) mass is 563 g/mol. The number of benzene rings is 1. The van der Waals surface area contributed by atoms with Gasteiger partial charge in [-0.1, -0.05) is 0 Å². The molecule has 0 atom stereocenters. The van der Waals surface area contributed by atoms with Gasteiger partial charge in [-0.2, -0.15) is 0 Å². The number of anilines is 4. The number of aromatic nitrogens is 1. The predicted octanol–water partition coefficient (Wildman–Crippen LogP) is 5.36. The van der Waals surface area contributed by atoms with Crippen molar-refractivity contribution >= 4 is 47.6 Å². The van der Waals surface area contributed by atoms with Crippen LogP contribution in [-0.2, 0) is 9.47 Å². The van der Waals surface area contributed by atoms with Crippen LogP contribution in [0.3, 0.4) is 0 Å². The summed E-state index contributed by atoms with van der Waals surface area (Å²) in [6.07, 6.45) is 4.33. The van der Waals surface area contributed by atoms with Crippen LogP contribution in [0.25, 0.3) is 0 Å². The first-order valence-electron chi connectivity index (χ1n) is 13.4. The average Bonchev–Trinajstić information content (AvgIpc) is 2.95. The molecule has 1 aromatic heterocycles. The Morgan fingerprint density at radius 3 is 2.37 bits per heavy atom. The third-order valence-corrected chi connectivity index (χ3v) is 6.52. The number of carbonyl (C=O) groups excluding carboxylic acids is 2. The summed E-state index contributed by atoms with van der Waals surface area (Å²) in [5.74, 6) is 0.812. The van der Waals surface area contributed by atoms with Gasteiger partial charge in [0.05, 0.1) is 25.5 Å². The Morgan fingerprint density at radius 1 is 1.10 bits per heavy atom. The van der Waals surface area contributed by atoms with E-state index in [1.165, 1.54) is 12.7 Å². The Bertz CT molecular complexity index is 1340. The topological polar surface area (TPSA) is 130 Å². The molecule has 218 valence electrons. The highest BCUT2D eigenvalue weighted by molar-refractivity contribution is 5.97. The number of rotatable bonds is 4. The van der Waals surface area contributed by atoms with Gasteiger partial charge in [0.2, 0.25) is 11.8 Å². The normalized spacial score (nSPS) is 15.3. The molecular formula is C29H37N7O5. The maximum Gasteiger partial charge on any atom is 0.415 e. The molecule has 41 heavy (non-hydrogen) atoms. The molecule has 0 spiro atoms. The van der Waals surface area contributed by atoms with Gasteiger partial charge >= 0.3 is 12.2 Å². The molecule has 1 fully saturated rings. The van der Waals surface area contributed by atoms with Crippen molar-refractivity contribution in [2.24, 2.45) is 9.98 Å². The van der Waals surface area contributed by atoms with Crippen LogP contribution in [0, 0.1) is 6.92 Å². The van der Waals surface area contributed by atoms with Crippen molar-refractivity contribution in [3.05, 3.63) is 47.8 Å². The third kappa shape index (κ3) is 7.53. The summed E-state index contributed by atoms with van der Waals surface area (Å²) in [4.78, 5) is 41.2. The van der Waals surface area contributed by atoms with Crippen molar-refractivity contribution in [1.29, 1.82) is 0 Å². The van der Waals surface area contributed by atoms with E-state index in [0.29, 0.717) is 36.4 Å². The second-order valence-electron chi connectivity index (χ2n) is 10.6. The summed E-state index contributed by atoms with van der Waals surface area (Å²) in [6, 6.07) is 7.07. The lowest BCUT2D eigenvalue weighted by Gasteiger charge is -2.35. The van der Waals surface area contributed by atoms with Crippen LogP contribution in [0.1, 0.15) is 39.2 Å². The maximum absolute atomic E-state index is 12.9. The van der Waals surface area contributed by atoms with Crippen LogP contribution in [0.2, 0.25) is 0 Å². The molecule has 0 aliphatic carbocycles.